The van der Waals surface area contributed by atoms with Gasteiger partial charge in [0.25, 0.3) is 5.91 Å². The summed E-state index contributed by atoms with van der Waals surface area (Å²) < 4.78 is 7.72. The van der Waals surface area contributed by atoms with Gasteiger partial charge in [-0.25, -0.2) is 4.68 Å². The quantitative estimate of drug-likeness (QED) is 0.669. The normalized spacial score (nSPS) is 22.7. The van der Waals surface area contributed by atoms with Gasteiger partial charge >= 0.3 is 11.1 Å². The molecule has 2 aliphatic heterocycles. The Morgan fingerprint density at radius 3 is 2.87 bits per heavy atom. The number of carbonyl (C=O) groups excluding carboxylic acids is 1. The highest BCUT2D eigenvalue weighted by Gasteiger charge is 2.46. The van der Waals surface area contributed by atoms with Gasteiger partial charge in [-0.2, -0.15) is 5.10 Å². The zero-order chi connectivity index (χ0) is 16.2. The van der Waals surface area contributed by atoms with Crippen LogP contribution in [-0.2, 0) is 20.0 Å². The number of rotatable bonds is 1. The van der Waals surface area contributed by atoms with Crippen LogP contribution in [0.1, 0.15) is 22.8 Å². The van der Waals surface area contributed by atoms with Gasteiger partial charge in [0.15, 0.2) is 5.76 Å². The second kappa shape index (κ2) is 4.68. The van der Waals surface area contributed by atoms with E-state index in [2.05, 4.69) is 5.10 Å². The molecule has 0 bridgehead atoms. The van der Waals surface area contributed by atoms with E-state index in [0.29, 0.717) is 37.6 Å². The molecule has 0 aromatic carbocycles. The van der Waals surface area contributed by atoms with Crippen LogP contribution in [0.15, 0.2) is 32.4 Å². The van der Waals surface area contributed by atoms with Gasteiger partial charge in [-0.3, -0.25) is 19.0 Å². The highest BCUT2D eigenvalue weighted by atomic mass is 16.3. The molecule has 2 aromatic heterocycles. The highest BCUT2D eigenvalue weighted by molar-refractivity contribution is 5.91. The number of fused-ring (bicyclic) bond motifs is 1. The molecule has 1 spiro atoms. The van der Waals surface area contributed by atoms with Crippen molar-refractivity contribution >= 4 is 5.91 Å². The van der Waals surface area contributed by atoms with Crippen molar-refractivity contribution in [1.82, 2.24) is 19.2 Å². The number of nitrogens with zero attached hydrogens (tertiary/aromatic N) is 4. The Labute approximate surface area is 130 Å². The lowest BCUT2D eigenvalue weighted by molar-refractivity contribution is 0.0740. The van der Waals surface area contributed by atoms with E-state index in [0.717, 1.165) is 11.1 Å². The summed E-state index contributed by atoms with van der Waals surface area (Å²) in [6, 6.07) is 3.33. The number of aromatic nitrogens is 3. The second-order valence-corrected chi connectivity index (χ2v) is 6.37. The lowest BCUT2D eigenvalue weighted by atomic mass is 9.86. The molecule has 0 radical (unpaired) electrons. The van der Waals surface area contributed by atoms with Crippen LogP contribution in [0.4, 0.5) is 0 Å². The van der Waals surface area contributed by atoms with Crippen molar-refractivity contribution < 1.29 is 9.21 Å². The third-order valence-electron chi connectivity index (χ3n) is 4.78. The third kappa shape index (κ3) is 2.05. The number of hydrogen-bond acceptors (Lipinski definition) is 5. The Balaban J connectivity index is 1.61. The minimum Gasteiger partial charge on any atom is -0.459 e. The molecule has 0 unspecified atom stereocenters. The van der Waals surface area contributed by atoms with E-state index in [1.165, 1.54) is 17.9 Å². The maximum atomic E-state index is 12.4. The summed E-state index contributed by atoms with van der Waals surface area (Å²) in [5.74, 6) is 0.795. The number of hydrogen-bond donors (Lipinski definition) is 0. The maximum Gasteiger partial charge on any atom is 0.332 e. The zero-order valence-electron chi connectivity index (χ0n) is 12.7. The molecule has 4 rings (SSSR count). The molecule has 8 nitrogen and oxygen atoms in total. The van der Waals surface area contributed by atoms with Crippen molar-refractivity contribution in [3.8, 4) is 0 Å². The number of furan rings is 1. The molecule has 120 valence electrons. The van der Waals surface area contributed by atoms with Gasteiger partial charge in [0, 0.05) is 38.5 Å². The van der Waals surface area contributed by atoms with Crippen LogP contribution in [0.5, 0.6) is 0 Å². The molecule has 0 N–H and O–H groups in total. The first-order valence-electron chi connectivity index (χ1n) is 7.49. The molecule has 1 atom stereocenters. The molecule has 23 heavy (non-hydrogen) atoms. The van der Waals surface area contributed by atoms with Crippen molar-refractivity contribution in [2.75, 3.05) is 13.1 Å². The molecule has 1 saturated heterocycles. The number of carbonyl (C=O) groups is 1. The van der Waals surface area contributed by atoms with Crippen molar-refractivity contribution in [3.63, 3.8) is 0 Å². The molecule has 8 heteroatoms. The van der Waals surface area contributed by atoms with E-state index in [1.54, 1.807) is 17.0 Å². The Morgan fingerprint density at radius 1 is 1.30 bits per heavy atom. The Morgan fingerprint density at radius 2 is 2.13 bits per heavy atom. The van der Waals surface area contributed by atoms with Crippen LogP contribution in [-0.4, -0.2) is 38.2 Å². The van der Waals surface area contributed by atoms with Gasteiger partial charge in [0.05, 0.1) is 6.26 Å². The highest BCUT2D eigenvalue weighted by Crippen LogP contribution is 2.39. The van der Waals surface area contributed by atoms with Gasteiger partial charge in [0.2, 0.25) is 0 Å². The first-order valence-corrected chi connectivity index (χ1v) is 7.49. The van der Waals surface area contributed by atoms with Gasteiger partial charge < -0.3 is 9.32 Å². The van der Waals surface area contributed by atoms with Crippen LogP contribution < -0.4 is 11.1 Å². The Bertz CT molecular complexity index is 895. The van der Waals surface area contributed by atoms with Crippen LogP contribution in [0, 0.1) is 5.41 Å². The average molecular weight is 316 g/mol. The van der Waals surface area contributed by atoms with Gasteiger partial charge in [-0.1, -0.05) is 0 Å². The number of likely N-dealkylation sites (tertiary alicyclic amines) is 1. The van der Waals surface area contributed by atoms with Crippen molar-refractivity contribution in [1.29, 1.82) is 0 Å². The Kier molecular flexibility index (Phi) is 2.84. The Hall–Kier alpha value is -2.64. The molecule has 2 aliphatic rings. The summed E-state index contributed by atoms with van der Waals surface area (Å²) in [7, 11) is 1.48. The summed E-state index contributed by atoms with van der Waals surface area (Å²) in [5.41, 5.74) is -1.38. The first kappa shape index (κ1) is 14.0. The summed E-state index contributed by atoms with van der Waals surface area (Å²) in [4.78, 5) is 38.0. The molecular formula is C15H16N4O4. The van der Waals surface area contributed by atoms with Gasteiger partial charge in [-0.05, 0) is 18.6 Å². The lowest BCUT2D eigenvalue weighted by Crippen LogP contribution is -2.42. The van der Waals surface area contributed by atoms with Crippen molar-refractivity contribution in [2.24, 2.45) is 12.5 Å². The predicted molar refractivity (Wildman–Crippen MR) is 79.1 cm³/mol. The summed E-state index contributed by atoms with van der Waals surface area (Å²) in [6.45, 7) is 1.58. The fourth-order valence-electron chi connectivity index (χ4n) is 3.60. The molecule has 4 heterocycles. The minimum absolute atomic E-state index is 0.141. The van der Waals surface area contributed by atoms with Crippen LogP contribution >= 0.6 is 0 Å². The average Bonchev–Trinajstić information content (AvgIpc) is 3.25. The minimum atomic E-state index is -0.618. The van der Waals surface area contributed by atoms with E-state index >= 15 is 0 Å². The molecule has 0 aliphatic carbocycles. The summed E-state index contributed by atoms with van der Waals surface area (Å²) in [6.07, 6.45) is 2.85. The van der Waals surface area contributed by atoms with Gasteiger partial charge in [0.1, 0.15) is 5.82 Å². The lowest BCUT2D eigenvalue weighted by Gasteiger charge is -2.22. The smallest absolute Gasteiger partial charge is 0.332 e. The van der Waals surface area contributed by atoms with Crippen LogP contribution in [0.2, 0.25) is 0 Å². The second-order valence-electron chi connectivity index (χ2n) is 6.37. The van der Waals surface area contributed by atoms with E-state index in [9.17, 15) is 14.4 Å². The molecule has 1 amide bonds. The topological polar surface area (TPSA) is 90.3 Å². The fourth-order valence-corrected chi connectivity index (χ4v) is 3.60. The van der Waals surface area contributed by atoms with E-state index in [1.807, 2.05) is 0 Å². The van der Waals surface area contributed by atoms with Crippen LogP contribution in [0.3, 0.4) is 0 Å². The molecule has 2 aromatic rings. The standard InChI is InChI=1S/C15H16N4O4/c1-17-13(21)14(22)19-9-15(7-11(19)16-17)4-5-18(8-15)12(20)10-3-2-6-23-10/h2-3,6H,4-5,7-9H2,1H3/t15-/m0/s1. The summed E-state index contributed by atoms with van der Waals surface area (Å²) >= 11 is 0. The van der Waals surface area contributed by atoms with Crippen LogP contribution in [0.25, 0.3) is 0 Å². The molecule has 1 fully saturated rings. The van der Waals surface area contributed by atoms with Gasteiger partial charge in [-0.15, -0.1) is 0 Å². The maximum absolute atomic E-state index is 12.4. The number of aryl methyl sites for hydroxylation is 1. The van der Waals surface area contributed by atoms with E-state index in [4.69, 9.17) is 4.42 Å². The number of amides is 1. The largest absolute Gasteiger partial charge is 0.459 e. The van der Waals surface area contributed by atoms with Crippen molar-refractivity contribution in [2.45, 2.75) is 19.4 Å². The first-order chi connectivity index (χ1) is 11.0. The predicted octanol–water partition coefficient (Wildman–Crippen LogP) is -0.376. The zero-order valence-corrected chi connectivity index (χ0v) is 12.7. The molecular weight excluding hydrogens is 300 g/mol. The summed E-state index contributed by atoms with van der Waals surface area (Å²) in [5, 5.41) is 4.20. The SMILES string of the molecule is Cn1nc2n(c(=O)c1=O)C[C@@]1(CCN(C(=O)c3ccco3)C1)C2. The molecule has 0 saturated carbocycles. The monoisotopic (exact) mass is 316 g/mol. The van der Waals surface area contributed by atoms with Crippen molar-refractivity contribution in [3.05, 3.63) is 50.7 Å². The fraction of sp³-hybridized carbons (Fsp3) is 0.467. The third-order valence-corrected chi connectivity index (χ3v) is 4.78. The van der Waals surface area contributed by atoms with E-state index < -0.39 is 11.1 Å². The van der Waals surface area contributed by atoms with E-state index in [-0.39, 0.29) is 11.3 Å².